The Labute approximate surface area is 415 Å². The molecule has 4 fully saturated rings. The molecule has 0 amide bonds. The summed E-state index contributed by atoms with van der Waals surface area (Å²) in [6.07, 6.45) is 23.4. The summed E-state index contributed by atoms with van der Waals surface area (Å²) in [4.78, 5) is 64.0. The molecule has 4 heterocycles. The number of fused-ring (bicyclic) bond motifs is 2. The van der Waals surface area contributed by atoms with E-state index < -0.39 is 5.97 Å². The Hall–Kier alpha value is -3.46. The number of carboxylic acid groups (broad SMARTS) is 1. The molecule has 0 atom stereocenters. The number of likely N-dealkylation sites (tertiary alicyclic amines) is 2. The van der Waals surface area contributed by atoms with E-state index in [1.165, 1.54) is 89.9 Å². The van der Waals surface area contributed by atoms with Crippen LogP contribution >= 0.6 is 0 Å². The number of para-hydroxylation sites is 4. The first kappa shape index (κ1) is 56.9. The number of carbonyl (C=O) groups excluding carboxylic acids is 1. The quantitative estimate of drug-likeness (QED) is 0.123. The van der Waals surface area contributed by atoms with Crippen LogP contribution in [0.3, 0.4) is 0 Å². The van der Waals surface area contributed by atoms with Gasteiger partial charge in [-0.3, -0.25) is 19.2 Å². The summed E-state index contributed by atoms with van der Waals surface area (Å²) in [5.41, 5.74) is 4.07. The molecule has 2 aromatic carbocycles. The molecular weight excluding hydrogens is 844 g/mol. The van der Waals surface area contributed by atoms with Crippen molar-refractivity contribution in [2.45, 2.75) is 187 Å². The number of benzene rings is 2. The van der Waals surface area contributed by atoms with Crippen LogP contribution in [0.5, 0.6) is 0 Å². The van der Waals surface area contributed by atoms with Gasteiger partial charge in [-0.2, -0.15) is 0 Å². The summed E-state index contributed by atoms with van der Waals surface area (Å²) in [5.74, 6) is -1.18. The standard InChI is InChI=1S/C26H37N3O3.C24H33N3O3.2CH4.Na.H2O/c1-2-32-25(30)15-14-23-26(31)29(24-13-9-8-12-22(24)27-23)21-16-18-28(19-17-21)20-10-6-4-3-5-7-11-20;28-23(29)13-12-21-24(30)27(22-11-7-6-10-20(22)25-21)19-14-16-26(17-15-19)18-8-4-2-1-3-5-9-18;;;;/h8-9,12-13,20-21H,2-7,10-11,14-19H2,1H3;6-7,10-11,18-19H,1-5,8-9,12-17H2,(H,28,29);2*1H4;;1H2/q;;;;+1;/p-1. The van der Waals surface area contributed by atoms with E-state index in [9.17, 15) is 19.2 Å². The first-order valence-corrected chi connectivity index (χ1v) is 24.2. The van der Waals surface area contributed by atoms with Crippen LogP contribution in [0.25, 0.3) is 22.1 Å². The minimum Gasteiger partial charge on any atom is -0.870 e. The van der Waals surface area contributed by atoms with Gasteiger partial charge in [0.2, 0.25) is 0 Å². The molecule has 2 aliphatic carbocycles. The summed E-state index contributed by atoms with van der Waals surface area (Å²) in [5, 5.41) is 9.05. The van der Waals surface area contributed by atoms with E-state index in [-0.39, 0.29) is 98.3 Å². The number of nitrogens with zero attached hydrogens (tertiary/aromatic N) is 6. The van der Waals surface area contributed by atoms with E-state index in [2.05, 4.69) is 19.8 Å². The number of carbonyl (C=O) groups is 2. The largest absolute Gasteiger partial charge is 1.00 e. The van der Waals surface area contributed by atoms with Crippen molar-refractivity contribution in [1.82, 2.24) is 28.9 Å². The van der Waals surface area contributed by atoms with Gasteiger partial charge in [0.1, 0.15) is 11.4 Å². The third-order valence-electron chi connectivity index (χ3n) is 14.1. The van der Waals surface area contributed by atoms with Crippen LogP contribution in [0.4, 0.5) is 0 Å². The molecule has 0 bridgehead atoms. The minimum absolute atomic E-state index is 0. The number of hydrogen-bond acceptors (Lipinski definition) is 10. The molecule has 0 radical (unpaired) electrons. The van der Waals surface area contributed by atoms with Crippen LogP contribution in [0, 0.1) is 0 Å². The van der Waals surface area contributed by atoms with Gasteiger partial charge < -0.3 is 34.3 Å². The van der Waals surface area contributed by atoms with Gasteiger partial charge in [0.15, 0.2) is 0 Å². The van der Waals surface area contributed by atoms with Gasteiger partial charge in [-0.05, 0) is 82.6 Å². The Morgan fingerprint density at radius 2 is 0.939 bits per heavy atom. The van der Waals surface area contributed by atoms with Crippen LogP contribution in [-0.2, 0) is 27.2 Å². The van der Waals surface area contributed by atoms with Crippen molar-refractivity contribution >= 4 is 34.0 Å². The molecule has 360 valence electrons. The fourth-order valence-electron chi connectivity index (χ4n) is 10.8. The van der Waals surface area contributed by atoms with Crippen molar-refractivity contribution in [3.63, 3.8) is 0 Å². The van der Waals surface area contributed by atoms with Gasteiger partial charge in [0.25, 0.3) is 11.1 Å². The zero-order valence-electron chi connectivity index (χ0n) is 38.6. The number of rotatable bonds is 11. The van der Waals surface area contributed by atoms with E-state index in [0.29, 0.717) is 36.5 Å². The fraction of sp³-hybridized carbons (Fsp3) is 0.654. The zero-order valence-corrected chi connectivity index (χ0v) is 40.6. The van der Waals surface area contributed by atoms with Crippen LogP contribution in [0.2, 0.25) is 0 Å². The molecule has 14 heteroatoms. The van der Waals surface area contributed by atoms with Gasteiger partial charge in [0, 0.05) is 63.2 Å². The zero-order chi connectivity index (χ0) is 43.3. The number of esters is 1. The predicted octanol–water partition coefficient (Wildman–Crippen LogP) is 6.90. The molecule has 2 aromatic heterocycles. The van der Waals surface area contributed by atoms with Crippen molar-refractivity contribution in [2.75, 3.05) is 32.8 Å². The van der Waals surface area contributed by atoms with Gasteiger partial charge in [-0.15, -0.1) is 0 Å². The fourth-order valence-corrected chi connectivity index (χ4v) is 10.8. The number of carboxylic acids is 1. The van der Waals surface area contributed by atoms with E-state index in [1.54, 1.807) is 6.92 Å². The first-order valence-electron chi connectivity index (χ1n) is 24.2. The SMILES string of the molecule is C.C.CCOC(=O)CCc1nc2ccccc2n(C2CCN(C3CCCCCCC3)CC2)c1=O.O=C(O)CCc1nc2ccccc2n(C2CCN(C3CCCCCCC3)CC2)c1=O.[Na+].[OH-]. The van der Waals surface area contributed by atoms with Gasteiger partial charge in [-0.1, -0.05) is 103 Å². The molecule has 0 spiro atoms. The van der Waals surface area contributed by atoms with E-state index in [1.807, 2.05) is 57.7 Å². The average Bonchev–Trinajstić information content (AvgIpc) is 3.25. The third-order valence-corrected chi connectivity index (χ3v) is 14.1. The normalized spacial score (nSPS) is 18.6. The van der Waals surface area contributed by atoms with E-state index in [4.69, 9.17) is 9.84 Å². The predicted molar refractivity (Wildman–Crippen MR) is 260 cm³/mol. The summed E-state index contributed by atoms with van der Waals surface area (Å²) < 4.78 is 8.92. The maximum Gasteiger partial charge on any atom is 1.00 e. The number of hydrogen-bond donors (Lipinski definition) is 1. The Morgan fingerprint density at radius 1 is 0.576 bits per heavy atom. The summed E-state index contributed by atoms with van der Waals surface area (Å²) in [7, 11) is 0. The number of piperidine rings is 2. The molecule has 4 aliphatic rings. The van der Waals surface area contributed by atoms with Crippen molar-refractivity contribution in [2.24, 2.45) is 0 Å². The van der Waals surface area contributed by atoms with Gasteiger partial charge >= 0.3 is 41.5 Å². The number of aliphatic carboxylic acids is 1. The molecule has 2 N–H and O–H groups in total. The van der Waals surface area contributed by atoms with Crippen molar-refractivity contribution in [1.29, 1.82) is 0 Å². The van der Waals surface area contributed by atoms with Gasteiger partial charge in [-0.25, -0.2) is 9.97 Å². The number of ether oxygens (including phenoxy) is 1. The average molecular weight is 923 g/mol. The van der Waals surface area contributed by atoms with Gasteiger partial charge in [0.05, 0.1) is 41.5 Å². The molecule has 4 aromatic rings. The van der Waals surface area contributed by atoms with Crippen LogP contribution in [-0.4, -0.2) is 96.3 Å². The van der Waals surface area contributed by atoms with Crippen molar-refractivity contribution < 1.29 is 54.5 Å². The Kier molecular flexibility index (Phi) is 24.8. The molecule has 2 aliphatic heterocycles. The number of aryl methyl sites for hydroxylation is 2. The van der Waals surface area contributed by atoms with Crippen LogP contribution in [0.15, 0.2) is 58.1 Å². The summed E-state index contributed by atoms with van der Waals surface area (Å²) >= 11 is 0. The van der Waals surface area contributed by atoms with Crippen molar-refractivity contribution in [3.8, 4) is 0 Å². The minimum atomic E-state index is -0.900. The van der Waals surface area contributed by atoms with E-state index in [0.717, 1.165) is 73.9 Å². The molecule has 66 heavy (non-hydrogen) atoms. The molecule has 2 saturated heterocycles. The van der Waals surface area contributed by atoms with E-state index >= 15 is 0 Å². The maximum atomic E-state index is 13.5. The van der Waals surface area contributed by atoms with Crippen molar-refractivity contribution in [3.05, 3.63) is 80.6 Å². The second-order valence-electron chi connectivity index (χ2n) is 18.2. The molecule has 8 rings (SSSR count). The molecule has 2 saturated carbocycles. The molecule has 13 nitrogen and oxygen atoms in total. The van der Waals surface area contributed by atoms with Crippen LogP contribution in [0.1, 0.15) is 174 Å². The first-order chi connectivity index (χ1) is 30.3. The Morgan fingerprint density at radius 3 is 1.32 bits per heavy atom. The Bertz CT molecular complexity index is 2200. The van der Waals surface area contributed by atoms with Crippen LogP contribution < -0.4 is 40.7 Å². The second kappa shape index (κ2) is 28.8. The summed E-state index contributed by atoms with van der Waals surface area (Å²) in [6.45, 7) is 6.31. The third kappa shape index (κ3) is 15.0. The smallest absolute Gasteiger partial charge is 0.870 e. The second-order valence-corrected chi connectivity index (χ2v) is 18.2. The summed E-state index contributed by atoms with van der Waals surface area (Å²) in [6, 6.07) is 17.4. The molecule has 0 unspecified atom stereocenters. The topological polar surface area (TPSA) is 170 Å². The maximum absolute atomic E-state index is 13.5. The molecular formula is C52H79N6NaO7. The monoisotopic (exact) mass is 923 g/mol. The Balaban J connectivity index is 0.000000331. The number of aromatic nitrogens is 4.